The van der Waals surface area contributed by atoms with E-state index in [0.29, 0.717) is 61.3 Å². The Balaban J connectivity index is 1.38. The zero-order valence-corrected chi connectivity index (χ0v) is 22.8. The highest BCUT2D eigenvalue weighted by Crippen LogP contribution is 2.38. The van der Waals surface area contributed by atoms with E-state index >= 15 is 0 Å². The Kier molecular flexibility index (Phi) is 6.70. The molecule has 0 bridgehead atoms. The molecule has 4 aromatic rings. The van der Waals surface area contributed by atoms with Gasteiger partial charge in [-0.15, -0.1) is 0 Å². The van der Waals surface area contributed by atoms with Crippen molar-refractivity contribution in [1.29, 1.82) is 0 Å². The van der Waals surface area contributed by atoms with E-state index in [0.717, 1.165) is 22.0 Å². The Morgan fingerprint density at radius 3 is 2.50 bits per heavy atom. The lowest BCUT2D eigenvalue weighted by Crippen LogP contribution is -2.27. The lowest BCUT2D eigenvalue weighted by Gasteiger charge is -2.26. The van der Waals surface area contributed by atoms with E-state index in [2.05, 4.69) is 19.0 Å². The molecule has 1 heterocycles. The average Bonchev–Trinajstić information content (AvgIpc) is 3.33. The molecular weight excluding hydrogens is 500 g/mol. The van der Waals surface area contributed by atoms with Gasteiger partial charge in [0.1, 0.15) is 11.5 Å². The molecule has 6 nitrogen and oxygen atoms in total. The first kappa shape index (κ1) is 25.9. The number of aliphatic hydroxyl groups excluding tert-OH is 1. The van der Waals surface area contributed by atoms with Gasteiger partial charge in [0.15, 0.2) is 11.6 Å². The van der Waals surface area contributed by atoms with Crippen molar-refractivity contribution in [1.82, 2.24) is 5.16 Å². The fourth-order valence-corrected chi connectivity index (χ4v) is 6.10. The third-order valence-corrected chi connectivity index (χ3v) is 8.01. The van der Waals surface area contributed by atoms with Crippen molar-refractivity contribution in [2.75, 3.05) is 0 Å². The Morgan fingerprint density at radius 1 is 0.950 bits per heavy atom. The first-order valence-corrected chi connectivity index (χ1v) is 13.9. The molecule has 0 saturated carbocycles. The maximum absolute atomic E-state index is 13.6. The number of aliphatic hydroxyl groups is 1. The number of allylic oxidation sites excluding steroid dienone is 2. The van der Waals surface area contributed by atoms with Crippen LogP contribution in [0.2, 0.25) is 0 Å². The average molecular weight is 533 g/mol. The number of nitrogens with zero attached hydrogens (tertiary/aromatic N) is 2. The third-order valence-electron chi connectivity index (χ3n) is 8.01. The highest BCUT2D eigenvalue weighted by Gasteiger charge is 2.37. The van der Waals surface area contributed by atoms with E-state index in [1.807, 2.05) is 72.8 Å². The van der Waals surface area contributed by atoms with Gasteiger partial charge in [0.25, 0.3) is 0 Å². The van der Waals surface area contributed by atoms with Gasteiger partial charge in [0.2, 0.25) is 0 Å². The van der Waals surface area contributed by atoms with Crippen LogP contribution in [0.4, 0.5) is 5.69 Å². The summed E-state index contributed by atoms with van der Waals surface area (Å²) in [6.45, 7) is 4.11. The highest BCUT2D eigenvalue weighted by molar-refractivity contribution is 6.24. The van der Waals surface area contributed by atoms with Gasteiger partial charge in [-0.3, -0.25) is 14.6 Å². The van der Waals surface area contributed by atoms with E-state index in [9.17, 15) is 14.7 Å². The molecule has 1 atom stereocenters. The van der Waals surface area contributed by atoms with Crippen molar-refractivity contribution in [2.24, 2.45) is 10.4 Å². The van der Waals surface area contributed by atoms with Crippen LogP contribution in [0.25, 0.3) is 10.8 Å². The van der Waals surface area contributed by atoms with Crippen molar-refractivity contribution >= 4 is 33.7 Å². The second kappa shape index (κ2) is 10.3. The number of carbonyl (C=O) groups excluding carboxylic acids is 2. The van der Waals surface area contributed by atoms with Crippen LogP contribution in [0.1, 0.15) is 72.8 Å². The first-order chi connectivity index (χ1) is 19.3. The zero-order chi connectivity index (χ0) is 27.9. The Bertz CT molecular complexity index is 1670. The van der Waals surface area contributed by atoms with Crippen molar-refractivity contribution in [3.05, 3.63) is 107 Å². The number of rotatable bonds is 6. The molecule has 202 valence electrons. The highest BCUT2D eigenvalue weighted by atomic mass is 16.5. The summed E-state index contributed by atoms with van der Waals surface area (Å²) in [7, 11) is 0. The van der Waals surface area contributed by atoms with E-state index in [-0.39, 0.29) is 34.2 Å². The van der Waals surface area contributed by atoms with Crippen LogP contribution < -0.4 is 0 Å². The topological polar surface area (TPSA) is 92.8 Å². The standard InChI is InChI=1S/C34H32N2O4/c1-34(2)19-30(39)33-27(36-40-31(33)20-34)16-15-26(35-25-14-8-12-22-11-6-7-13-24(22)25)32-28(37)17-23(18-29(32)38)21-9-4-3-5-10-21/h3-14,23,37H,15-20H2,1-2H3. The van der Waals surface area contributed by atoms with Gasteiger partial charge in [-0.05, 0) is 41.2 Å². The van der Waals surface area contributed by atoms with E-state index < -0.39 is 0 Å². The summed E-state index contributed by atoms with van der Waals surface area (Å²) in [6.07, 6.45) is 2.47. The zero-order valence-electron chi connectivity index (χ0n) is 22.8. The molecule has 40 heavy (non-hydrogen) atoms. The van der Waals surface area contributed by atoms with Crippen LogP contribution in [0.5, 0.6) is 0 Å². The maximum atomic E-state index is 13.6. The number of fused-ring (bicyclic) bond motifs is 2. The molecule has 0 aliphatic heterocycles. The number of hydrogen-bond donors (Lipinski definition) is 1. The van der Waals surface area contributed by atoms with E-state index in [1.165, 1.54) is 0 Å². The molecule has 0 saturated heterocycles. The number of aliphatic imine (C=N–C) groups is 1. The summed E-state index contributed by atoms with van der Waals surface area (Å²) in [6, 6.07) is 23.7. The molecule has 2 aliphatic rings. The minimum Gasteiger partial charge on any atom is -0.511 e. The monoisotopic (exact) mass is 532 g/mol. The normalized spacial score (nSPS) is 19.2. The Morgan fingerprint density at radius 2 is 1.70 bits per heavy atom. The second-order valence-corrected chi connectivity index (χ2v) is 11.7. The molecule has 0 spiro atoms. The van der Waals surface area contributed by atoms with Crippen molar-refractivity contribution in [3.63, 3.8) is 0 Å². The number of aromatic nitrogens is 1. The number of Topliss-reactive ketones (excluding diaryl/α,β-unsaturated/α-hetero) is 2. The molecule has 3 aromatic carbocycles. The van der Waals surface area contributed by atoms with E-state index in [4.69, 9.17) is 9.52 Å². The van der Waals surface area contributed by atoms with Gasteiger partial charge in [0, 0.05) is 31.1 Å². The van der Waals surface area contributed by atoms with Crippen LogP contribution in [0.15, 0.2) is 93.6 Å². The summed E-state index contributed by atoms with van der Waals surface area (Å²) in [5.74, 6) is 0.516. The number of benzene rings is 3. The van der Waals surface area contributed by atoms with Crippen LogP contribution in [-0.2, 0) is 17.6 Å². The predicted octanol–water partition coefficient (Wildman–Crippen LogP) is 7.65. The predicted molar refractivity (Wildman–Crippen MR) is 155 cm³/mol. The lowest BCUT2D eigenvalue weighted by molar-refractivity contribution is -0.116. The molecular formula is C34H32N2O4. The number of aryl methyl sites for hydroxylation is 1. The van der Waals surface area contributed by atoms with Gasteiger partial charge in [-0.25, -0.2) is 0 Å². The summed E-state index contributed by atoms with van der Waals surface area (Å²) in [5, 5.41) is 17.5. The van der Waals surface area contributed by atoms with Crippen molar-refractivity contribution < 1.29 is 19.2 Å². The van der Waals surface area contributed by atoms with E-state index in [1.54, 1.807) is 0 Å². The van der Waals surface area contributed by atoms with Crippen LogP contribution in [0.3, 0.4) is 0 Å². The molecule has 0 fully saturated rings. The molecule has 0 radical (unpaired) electrons. The quantitative estimate of drug-likeness (QED) is 0.258. The van der Waals surface area contributed by atoms with Crippen molar-refractivity contribution in [3.8, 4) is 0 Å². The lowest BCUT2D eigenvalue weighted by atomic mass is 9.75. The molecule has 6 heteroatoms. The molecule has 6 rings (SSSR count). The molecule has 0 amide bonds. The Labute approximate surface area is 233 Å². The molecule has 2 aliphatic carbocycles. The van der Waals surface area contributed by atoms with Gasteiger partial charge >= 0.3 is 0 Å². The Hall–Kier alpha value is -4.32. The largest absolute Gasteiger partial charge is 0.511 e. The van der Waals surface area contributed by atoms with Crippen molar-refractivity contribution in [2.45, 2.75) is 58.3 Å². The van der Waals surface area contributed by atoms with Gasteiger partial charge in [-0.2, -0.15) is 0 Å². The smallest absolute Gasteiger partial charge is 0.168 e. The van der Waals surface area contributed by atoms with Gasteiger partial charge < -0.3 is 9.63 Å². The summed E-state index contributed by atoms with van der Waals surface area (Å²) >= 11 is 0. The first-order valence-electron chi connectivity index (χ1n) is 13.9. The van der Waals surface area contributed by atoms with Crippen LogP contribution >= 0.6 is 0 Å². The number of hydrogen-bond acceptors (Lipinski definition) is 6. The van der Waals surface area contributed by atoms with Gasteiger partial charge in [0.05, 0.1) is 28.2 Å². The molecule has 1 unspecified atom stereocenters. The fraction of sp³-hybridized carbons (Fsp3) is 0.294. The summed E-state index contributed by atoms with van der Waals surface area (Å²) in [5.41, 5.74) is 3.54. The SMILES string of the molecule is CC1(C)CC(=O)c2c(CCC(=Nc3cccc4ccccc34)C3=C(O)CC(c4ccccc4)CC3=O)noc2C1. The second-order valence-electron chi connectivity index (χ2n) is 11.7. The fourth-order valence-electron chi connectivity index (χ4n) is 6.10. The maximum Gasteiger partial charge on any atom is 0.168 e. The van der Waals surface area contributed by atoms with Crippen LogP contribution in [0, 0.1) is 5.41 Å². The minimum absolute atomic E-state index is 0.0385. The molecule has 1 N–H and O–H groups in total. The molecule has 1 aromatic heterocycles. The third kappa shape index (κ3) is 5.02. The summed E-state index contributed by atoms with van der Waals surface area (Å²) < 4.78 is 5.61. The minimum atomic E-state index is -0.164. The summed E-state index contributed by atoms with van der Waals surface area (Å²) in [4.78, 5) is 31.6. The van der Waals surface area contributed by atoms with Crippen LogP contribution in [-0.4, -0.2) is 27.5 Å². The number of ketones is 2. The number of carbonyl (C=O) groups is 2. The van der Waals surface area contributed by atoms with Gasteiger partial charge in [-0.1, -0.05) is 85.7 Å².